The summed E-state index contributed by atoms with van der Waals surface area (Å²) in [5.41, 5.74) is 0.454. The number of ether oxygens (including phenoxy) is 1. The van der Waals surface area contributed by atoms with Crippen LogP contribution in [0.4, 0.5) is 5.69 Å². The summed E-state index contributed by atoms with van der Waals surface area (Å²) < 4.78 is 4.96. The molecule has 1 rings (SSSR count). The van der Waals surface area contributed by atoms with Crippen LogP contribution in [0.2, 0.25) is 0 Å². The van der Waals surface area contributed by atoms with E-state index in [0.717, 1.165) is 0 Å². The Labute approximate surface area is 86.8 Å². The minimum Gasteiger partial charge on any atom is -0.369 e. The Hall–Kier alpha value is -1.75. The van der Waals surface area contributed by atoms with Crippen molar-refractivity contribution in [1.82, 2.24) is 0 Å². The summed E-state index contributed by atoms with van der Waals surface area (Å²) in [4.78, 5) is 21.2. The monoisotopic (exact) mass is 209 g/mol. The van der Waals surface area contributed by atoms with Gasteiger partial charge >= 0.3 is 0 Å². The van der Waals surface area contributed by atoms with E-state index in [9.17, 15) is 14.9 Å². The van der Waals surface area contributed by atoms with Crippen molar-refractivity contribution in [1.29, 1.82) is 0 Å². The lowest BCUT2D eigenvalue weighted by Gasteiger charge is -2.11. The number of Topliss-reactive ketones (excluding diaryl/α,β-unsaturated/α-hetero) is 1. The Morgan fingerprint density at radius 3 is 2.67 bits per heavy atom. The second-order valence-corrected chi connectivity index (χ2v) is 3.08. The molecule has 0 radical (unpaired) electrons. The lowest BCUT2D eigenvalue weighted by Crippen LogP contribution is -2.10. The van der Waals surface area contributed by atoms with Crippen LogP contribution in [0.5, 0.6) is 0 Å². The molecule has 1 atom stereocenters. The van der Waals surface area contributed by atoms with Gasteiger partial charge in [-0.05, 0) is 12.5 Å². The smallest absolute Gasteiger partial charge is 0.269 e. The fourth-order valence-corrected chi connectivity index (χ4v) is 1.34. The van der Waals surface area contributed by atoms with E-state index in [4.69, 9.17) is 4.74 Å². The van der Waals surface area contributed by atoms with Crippen molar-refractivity contribution in [2.45, 2.75) is 13.0 Å². The van der Waals surface area contributed by atoms with E-state index in [2.05, 4.69) is 0 Å². The lowest BCUT2D eigenvalue weighted by molar-refractivity contribution is -0.385. The van der Waals surface area contributed by atoms with Crippen LogP contribution in [-0.4, -0.2) is 17.8 Å². The second kappa shape index (κ2) is 4.65. The molecule has 1 aromatic carbocycles. The molecule has 0 saturated heterocycles. The zero-order valence-corrected chi connectivity index (χ0v) is 8.47. The highest BCUT2D eigenvalue weighted by Crippen LogP contribution is 2.22. The number of carbonyl (C=O) groups is 1. The third kappa shape index (κ3) is 2.60. The maximum atomic E-state index is 11.2. The van der Waals surface area contributed by atoms with Gasteiger partial charge in [-0.25, -0.2) is 0 Å². The van der Waals surface area contributed by atoms with Crippen molar-refractivity contribution in [3.63, 3.8) is 0 Å². The number of benzene rings is 1. The van der Waals surface area contributed by atoms with Crippen molar-refractivity contribution in [2.24, 2.45) is 0 Å². The van der Waals surface area contributed by atoms with E-state index < -0.39 is 11.0 Å². The first-order valence-electron chi connectivity index (χ1n) is 4.34. The highest BCUT2D eigenvalue weighted by Gasteiger charge is 2.17. The van der Waals surface area contributed by atoms with Crippen molar-refractivity contribution >= 4 is 11.5 Å². The number of ketones is 1. The predicted octanol–water partition coefficient (Wildman–Crippen LogP) is 1.87. The largest absolute Gasteiger partial charge is 0.369 e. The Morgan fingerprint density at radius 2 is 2.20 bits per heavy atom. The number of methoxy groups -OCH3 is 1. The normalized spacial score (nSPS) is 12.1. The summed E-state index contributed by atoms with van der Waals surface area (Å²) in [5, 5.41) is 10.5. The lowest BCUT2D eigenvalue weighted by atomic mass is 10.1. The zero-order valence-electron chi connectivity index (χ0n) is 8.47. The number of nitro benzene ring substituents is 1. The molecular weight excluding hydrogens is 198 g/mol. The summed E-state index contributed by atoms with van der Waals surface area (Å²) in [5.74, 6) is -0.182. The molecule has 5 heteroatoms. The molecule has 0 amide bonds. The van der Waals surface area contributed by atoms with Crippen LogP contribution in [0, 0.1) is 10.1 Å². The maximum Gasteiger partial charge on any atom is 0.269 e. The SMILES string of the molecule is COC(C(C)=O)c1cccc([N+](=O)[O-])c1. The quantitative estimate of drug-likeness (QED) is 0.560. The number of non-ortho nitro benzene ring substituents is 1. The first-order chi connectivity index (χ1) is 7.06. The van der Waals surface area contributed by atoms with Crippen molar-refractivity contribution < 1.29 is 14.5 Å². The highest BCUT2D eigenvalue weighted by molar-refractivity contribution is 5.82. The van der Waals surface area contributed by atoms with Crippen LogP contribution in [-0.2, 0) is 9.53 Å². The molecule has 0 N–H and O–H groups in total. The van der Waals surface area contributed by atoms with Gasteiger partial charge in [-0.15, -0.1) is 0 Å². The molecule has 0 aliphatic heterocycles. The van der Waals surface area contributed by atoms with Crippen LogP contribution in [0.15, 0.2) is 24.3 Å². The van der Waals surface area contributed by atoms with Crippen molar-refractivity contribution in [3.8, 4) is 0 Å². The van der Waals surface area contributed by atoms with E-state index >= 15 is 0 Å². The Balaban J connectivity index is 3.08. The molecular formula is C10H11NO4. The number of nitrogens with zero attached hydrogens (tertiary/aromatic N) is 1. The van der Waals surface area contributed by atoms with Crippen LogP contribution in [0.25, 0.3) is 0 Å². The number of nitro groups is 1. The average molecular weight is 209 g/mol. The van der Waals surface area contributed by atoms with Crippen molar-refractivity contribution in [3.05, 3.63) is 39.9 Å². The highest BCUT2D eigenvalue weighted by atomic mass is 16.6. The van der Waals surface area contributed by atoms with Gasteiger partial charge in [0, 0.05) is 19.2 Å². The molecule has 0 aromatic heterocycles. The van der Waals surface area contributed by atoms with Gasteiger partial charge in [-0.3, -0.25) is 14.9 Å². The molecule has 0 aliphatic rings. The van der Waals surface area contributed by atoms with Gasteiger partial charge in [0.1, 0.15) is 6.10 Å². The minimum absolute atomic E-state index is 0.0456. The molecule has 0 aliphatic carbocycles. The number of hydrogen-bond donors (Lipinski definition) is 0. The first kappa shape index (κ1) is 11.3. The minimum atomic E-state index is -0.732. The molecule has 0 saturated carbocycles. The Kier molecular flexibility index (Phi) is 3.51. The van der Waals surface area contributed by atoms with Crippen LogP contribution >= 0.6 is 0 Å². The van der Waals surface area contributed by atoms with Crippen molar-refractivity contribution in [2.75, 3.05) is 7.11 Å². The summed E-state index contributed by atoms with van der Waals surface area (Å²) in [6.07, 6.45) is -0.732. The fourth-order valence-electron chi connectivity index (χ4n) is 1.34. The molecule has 0 heterocycles. The number of carbonyl (C=O) groups excluding carboxylic acids is 1. The van der Waals surface area contributed by atoms with Crippen LogP contribution < -0.4 is 0 Å². The van der Waals surface area contributed by atoms with Gasteiger partial charge in [0.05, 0.1) is 4.92 Å². The van der Waals surface area contributed by atoms with Crippen LogP contribution in [0.3, 0.4) is 0 Å². The van der Waals surface area contributed by atoms with E-state index in [1.807, 2.05) is 0 Å². The average Bonchev–Trinajstić information content (AvgIpc) is 2.18. The summed E-state index contributed by atoms with van der Waals surface area (Å²) >= 11 is 0. The molecule has 1 aromatic rings. The third-order valence-electron chi connectivity index (χ3n) is 1.99. The summed E-state index contributed by atoms with van der Waals surface area (Å²) in [6, 6.07) is 5.87. The Bertz CT molecular complexity index is 389. The molecule has 0 bridgehead atoms. The third-order valence-corrected chi connectivity index (χ3v) is 1.99. The van der Waals surface area contributed by atoms with Crippen LogP contribution in [0.1, 0.15) is 18.6 Å². The fraction of sp³-hybridized carbons (Fsp3) is 0.300. The van der Waals surface area contributed by atoms with Gasteiger partial charge < -0.3 is 4.74 Å². The predicted molar refractivity (Wildman–Crippen MR) is 53.5 cm³/mol. The van der Waals surface area contributed by atoms with E-state index in [0.29, 0.717) is 5.56 Å². The maximum absolute atomic E-state index is 11.2. The summed E-state index contributed by atoms with van der Waals surface area (Å²) in [6.45, 7) is 1.38. The van der Waals surface area contributed by atoms with Gasteiger partial charge in [-0.2, -0.15) is 0 Å². The van der Waals surface area contributed by atoms with E-state index in [-0.39, 0.29) is 11.5 Å². The molecule has 15 heavy (non-hydrogen) atoms. The molecule has 1 unspecified atom stereocenters. The number of rotatable bonds is 4. The first-order valence-corrected chi connectivity index (χ1v) is 4.34. The molecule has 80 valence electrons. The van der Waals surface area contributed by atoms with Gasteiger partial charge in [-0.1, -0.05) is 12.1 Å². The van der Waals surface area contributed by atoms with Gasteiger partial charge in [0.2, 0.25) is 0 Å². The summed E-state index contributed by atoms with van der Waals surface area (Å²) in [7, 11) is 1.39. The van der Waals surface area contributed by atoms with Gasteiger partial charge in [0.15, 0.2) is 5.78 Å². The molecule has 5 nitrogen and oxygen atoms in total. The molecule has 0 fully saturated rings. The standard InChI is InChI=1S/C10H11NO4/c1-7(12)10(15-2)8-4-3-5-9(6-8)11(13)14/h3-6,10H,1-2H3. The number of hydrogen-bond acceptors (Lipinski definition) is 4. The van der Waals surface area contributed by atoms with E-state index in [1.165, 1.54) is 32.2 Å². The molecule has 0 spiro atoms. The second-order valence-electron chi connectivity index (χ2n) is 3.08. The topological polar surface area (TPSA) is 69.4 Å². The van der Waals surface area contributed by atoms with Gasteiger partial charge in [0.25, 0.3) is 5.69 Å². The Morgan fingerprint density at radius 1 is 1.53 bits per heavy atom. The zero-order chi connectivity index (χ0) is 11.4. The van der Waals surface area contributed by atoms with E-state index in [1.54, 1.807) is 6.07 Å².